The molecule has 2 aromatic rings. The van der Waals surface area contributed by atoms with Crippen molar-refractivity contribution in [3.8, 4) is 11.1 Å². The van der Waals surface area contributed by atoms with E-state index >= 15 is 0 Å². The molecule has 2 N–H and O–H groups in total. The van der Waals surface area contributed by atoms with Gasteiger partial charge in [0.2, 0.25) is 5.88 Å². The molecule has 21 heavy (non-hydrogen) atoms. The van der Waals surface area contributed by atoms with Gasteiger partial charge >= 0.3 is 0 Å². The largest absolute Gasteiger partial charge is 0.367 e. The molecule has 1 aromatic heterocycles. The number of rotatable bonds is 2. The van der Waals surface area contributed by atoms with Crippen molar-refractivity contribution in [2.75, 3.05) is 5.73 Å². The van der Waals surface area contributed by atoms with Crippen molar-refractivity contribution in [3.63, 3.8) is 0 Å². The van der Waals surface area contributed by atoms with Crippen molar-refractivity contribution in [1.82, 2.24) is 5.16 Å². The lowest BCUT2D eigenvalue weighted by Gasteiger charge is -2.32. The fourth-order valence-corrected chi connectivity index (χ4v) is 3.50. The number of hydrogen-bond acceptors (Lipinski definition) is 3. The Morgan fingerprint density at radius 3 is 2.67 bits per heavy atom. The summed E-state index contributed by atoms with van der Waals surface area (Å²) in [5.41, 5.74) is 8.13. The van der Waals surface area contributed by atoms with Crippen LogP contribution in [-0.2, 0) is 5.41 Å². The third-order valence-corrected chi connectivity index (χ3v) is 4.76. The first-order chi connectivity index (χ1) is 10.0. The summed E-state index contributed by atoms with van der Waals surface area (Å²) in [6.45, 7) is 2.18. The van der Waals surface area contributed by atoms with Gasteiger partial charge in [-0.1, -0.05) is 42.9 Å². The molecule has 0 amide bonds. The third kappa shape index (κ3) is 2.53. The van der Waals surface area contributed by atoms with Crippen LogP contribution in [-0.4, -0.2) is 5.16 Å². The molecular weight excluding hydrogens is 291 g/mol. The highest BCUT2D eigenvalue weighted by molar-refractivity contribution is 6.33. The van der Waals surface area contributed by atoms with Crippen molar-refractivity contribution in [1.29, 1.82) is 0 Å². The highest BCUT2D eigenvalue weighted by Gasteiger charge is 2.36. The minimum Gasteiger partial charge on any atom is -0.367 e. The molecule has 1 aromatic carbocycles. The lowest BCUT2D eigenvalue weighted by molar-refractivity contribution is 0.295. The van der Waals surface area contributed by atoms with Gasteiger partial charge in [-0.25, -0.2) is 4.39 Å². The van der Waals surface area contributed by atoms with E-state index in [-0.39, 0.29) is 17.1 Å². The van der Waals surface area contributed by atoms with Gasteiger partial charge in [0.05, 0.1) is 16.3 Å². The molecule has 1 aliphatic carbocycles. The molecule has 0 radical (unpaired) electrons. The molecule has 1 fully saturated rings. The zero-order chi connectivity index (χ0) is 15.0. The van der Waals surface area contributed by atoms with E-state index in [2.05, 4.69) is 12.1 Å². The Labute approximate surface area is 128 Å². The van der Waals surface area contributed by atoms with Gasteiger partial charge in [0, 0.05) is 11.0 Å². The molecule has 0 spiro atoms. The van der Waals surface area contributed by atoms with E-state index in [0.717, 1.165) is 18.5 Å². The molecule has 5 heteroatoms. The molecule has 0 atom stereocenters. The predicted molar refractivity (Wildman–Crippen MR) is 81.8 cm³/mol. The Kier molecular flexibility index (Phi) is 3.66. The first-order valence-electron chi connectivity index (χ1n) is 7.22. The Morgan fingerprint density at radius 1 is 1.29 bits per heavy atom. The maximum absolute atomic E-state index is 13.3. The first kappa shape index (κ1) is 14.4. The lowest BCUT2D eigenvalue weighted by Crippen LogP contribution is -2.26. The minimum absolute atomic E-state index is 0.0631. The molecule has 112 valence electrons. The van der Waals surface area contributed by atoms with Crippen LogP contribution in [0.4, 0.5) is 10.3 Å². The Hall–Kier alpha value is -1.55. The number of halogens is 2. The number of anilines is 1. The monoisotopic (exact) mass is 308 g/mol. The number of nitrogens with zero attached hydrogens (tertiary/aromatic N) is 1. The van der Waals surface area contributed by atoms with Gasteiger partial charge in [0.15, 0.2) is 0 Å². The lowest BCUT2D eigenvalue weighted by atomic mass is 9.72. The van der Waals surface area contributed by atoms with E-state index in [9.17, 15) is 4.39 Å². The van der Waals surface area contributed by atoms with Gasteiger partial charge in [-0.2, -0.15) is 0 Å². The van der Waals surface area contributed by atoms with Gasteiger partial charge in [-0.05, 0) is 31.0 Å². The van der Waals surface area contributed by atoms with E-state index in [1.54, 1.807) is 6.07 Å². The normalized spacial score (nSPS) is 17.9. The van der Waals surface area contributed by atoms with Gasteiger partial charge in [0.1, 0.15) is 5.82 Å². The number of nitrogen functional groups attached to an aromatic ring is 1. The first-order valence-corrected chi connectivity index (χ1v) is 7.60. The molecule has 1 heterocycles. The quantitative estimate of drug-likeness (QED) is 0.855. The molecular formula is C16H18ClFN2O. The van der Waals surface area contributed by atoms with Crippen LogP contribution in [0.25, 0.3) is 11.1 Å². The summed E-state index contributed by atoms with van der Waals surface area (Å²) in [5.74, 6) is -0.130. The number of benzene rings is 1. The molecule has 0 saturated heterocycles. The maximum Gasteiger partial charge on any atom is 0.230 e. The highest BCUT2D eigenvalue weighted by Crippen LogP contribution is 2.45. The van der Waals surface area contributed by atoms with Crippen molar-refractivity contribution < 1.29 is 8.91 Å². The molecule has 0 aliphatic heterocycles. The SMILES string of the molecule is CC1(c2noc(N)c2-c2ccc(F)cc2Cl)CCCCC1. The van der Waals surface area contributed by atoms with Crippen LogP contribution in [0.5, 0.6) is 0 Å². The van der Waals surface area contributed by atoms with Crippen LogP contribution >= 0.6 is 11.6 Å². The highest BCUT2D eigenvalue weighted by atomic mass is 35.5. The second kappa shape index (κ2) is 5.34. The van der Waals surface area contributed by atoms with E-state index < -0.39 is 0 Å². The number of nitrogens with two attached hydrogens (primary N) is 1. The van der Waals surface area contributed by atoms with Crippen molar-refractivity contribution in [2.45, 2.75) is 44.4 Å². The van der Waals surface area contributed by atoms with E-state index in [1.165, 1.54) is 31.4 Å². The third-order valence-electron chi connectivity index (χ3n) is 4.45. The van der Waals surface area contributed by atoms with Crippen molar-refractivity contribution in [2.24, 2.45) is 0 Å². The summed E-state index contributed by atoms with van der Waals surface area (Å²) < 4.78 is 18.5. The van der Waals surface area contributed by atoms with Crippen LogP contribution in [0.2, 0.25) is 5.02 Å². The van der Waals surface area contributed by atoms with E-state index in [1.807, 2.05) is 0 Å². The predicted octanol–water partition coefficient (Wildman–Crippen LogP) is 4.94. The smallest absolute Gasteiger partial charge is 0.230 e. The molecule has 1 saturated carbocycles. The van der Waals surface area contributed by atoms with Gasteiger partial charge in [0.25, 0.3) is 0 Å². The Bertz CT molecular complexity index is 662. The molecule has 1 aliphatic rings. The van der Waals surface area contributed by atoms with E-state index in [4.69, 9.17) is 21.9 Å². The minimum atomic E-state index is -0.371. The summed E-state index contributed by atoms with van der Waals surface area (Å²) in [6, 6.07) is 4.30. The Morgan fingerprint density at radius 2 is 2.00 bits per heavy atom. The Balaban J connectivity index is 2.13. The maximum atomic E-state index is 13.3. The average molecular weight is 309 g/mol. The van der Waals surface area contributed by atoms with Crippen LogP contribution < -0.4 is 5.73 Å². The fraction of sp³-hybridized carbons (Fsp3) is 0.438. The second-order valence-corrected chi connectivity index (χ2v) is 6.42. The molecule has 3 rings (SSSR count). The van der Waals surface area contributed by atoms with Gasteiger partial charge in [-0.3, -0.25) is 0 Å². The van der Waals surface area contributed by atoms with Gasteiger partial charge < -0.3 is 10.3 Å². The zero-order valence-corrected chi connectivity index (χ0v) is 12.7. The van der Waals surface area contributed by atoms with Crippen LogP contribution in [0, 0.1) is 5.82 Å². The van der Waals surface area contributed by atoms with Crippen molar-refractivity contribution >= 4 is 17.5 Å². The summed E-state index contributed by atoms with van der Waals surface area (Å²) in [5, 5.41) is 4.52. The zero-order valence-electron chi connectivity index (χ0n) is 12.0. The summed E-state index contributed by atoms with van der Waals surface area (Å²) in [4.78, 5) is 0. The summed E-state index contributed by atoms with van der Waals surface area (Å²) in [6.07, 6.45) is 5.67. The second-order valence-electron chi connectivity index (χ2n) is 6.02. The van der Waals surface area contributed by atoms with Crippen LogP contribution in [0.3, 0.4) is 0 Å². The molecule has 3 nitrogen and oxygen atoms in total. The summed E-state index contributed by atoms with van der Waals surface area (Å²) in [7, 11) is 0. The van der Waals surface area contributed by atoms with Crippen LogP contribution in [0.15, 0.2) is 22.7 Å². The van der Waals surface area contributed by atoms with Crippen molar-refractivity contribution in [3.05, 3.63) is 34.7 Å². The topological polar surface area (TPSA) is 52.0 Å². The number of hydrogen-bond donors (Lipinski definition) is 1. The summed E-state index contributed by atoms with van der Waals surface area (Å²) >= 11 is 6.18. The van der Waals surface area contributed by atoms with Gasteiger partial charge in [-0.15, -0.1) is 0 Å². The van der Waals surface area contributed by atoms with Crippen LogP contribution in [0.1, 0.15) is 44.7 Å². The standard InChI is InChI=1S/C16H18ClFN2O/c1-16(7-3-2-4-8-16)14-13(15(19)21-20-14)11-6-5-10(18)9-12(11)17/h5-6,9H,2-4,7-8,19H2,1H3. The molecule has 0 bridgehead atoms. The van der Waals surface area contributed by atoms with E-state index in [0.29, 0.717) is 16.1 Å². The number of aromatic nitrogens is 1. The fourth-order valence-electron chi connectivity index (χ4n) is 3.24. The molecule has 0 unspecified atom stereocenters. The average Bonchev–Trinajstić information content (AvgIpc) is 2.82.